The average molecular weight is 414 g/mol. The van der Waals surface area contributed by atoms with Crippen LogP contribution in [0, 0.1) is 18.3 Å². The number of hydrogen-bond donors (Lipinski definition) is 0. The van der Waals surface area contributed by atoms with E-state index < -0.39 is 0 Å². The van der Waals surface area contributed by atoms with Crippen molar-refractivity contribution in [2.75, 3.05) is 7.11 Å². The minimum absolute atomic E-state index is 0.250. The number of fused-ring (bicyclic) bond motifs is 1. The first-order chi connectivity index (χ1) is 14.6. The number of rotatable bonds is 4. The number of aryl methyl sites for hydroxylation is 1. The Morgan fingerprint density at radius 2 is 1.80 bits per heavy atom. The molecule has 148 valence electrons. The maximum atomic E-state index is 8.79. The molecule has 0 aliphatic carbocycles. The Hall–Kier alpha value is -3.91. The highest BCUT2D eigenvalue weighted by molar-refractivity contribution is 7.16. The molecule has 0 aliphatic rings. The fourth-order valence-electron chi connectivity index (χ4n) is 3.41. The zero-order valence-electron chi connectivity index (χ0n) is 16.5. The molecule has 30 heavy (non-hydrogen) atoms. The maximum absolute atomic E-state index is 8.79. The van der Waals surface area contributed by atoms with Gasteiger partial charge in [-0.3, -0.25) is 0 Å². The third-order valence-electron chi connectivity index (χ3n) is 4.66. The molecule has 0 saturated heterocycles. The molecular weight excluding hydrogens is 396 g/mol. The van der Waals surface area contributed by atoms with E-state index in [0.29, 0.717) is 0 Å². The zero-order chi connectivity index (χ0) is 21.5. The van der Waals surface area contributed by atoms with E-state index in [1.165, 1.54) is 33.3 Å². The fraction of sp³-hybridized carbons (Fsp3) is 0.0833. The number of pyridine rings is 1. The number of methoxy groups -OCH3 is 1. The molecule has 0 spiro atoms. The summed E-state index contributed by atoms with van der Waals surface area (Å²) in [6.45, 7) is 2.17. The predicted molar refractivity (Wildman–Crippen MR) is 117 cm³/mol. The van der Waals surface area contributed by atoms with E-state index in [4.69, 9.17) is 19.6 Å². The van der Waals surface area contributed by atoms with Gasteiger partial charge in [0, 0.05) is 28.2 Å². The van der Waals surface area contributed by atoms with Crippen molar-refractivity contribution in [1.82, 2.24) is 4.40 Å². The maximum Gasteiger partial charge on any atom is 0.373 e. The van der Waals surface area contributed by atoms with E-state index >= 15 is 0 Å². The molecule has 4 rings (SSSR count). The van der Waals surface area contributed by atoms with Crippen molar-refractivity contribution in [1.29, 1.82) is 5.26 Å². The lowest BCUT2D eigenvalue weighted by Crippen LogP contribution is -1.87. The van der Waals surface area contributed by atoms with Crippen LogP contribution < -0.4 is 4.74 Å². The molecule has 0 saturated carbocycles. The smallest absolute Gasteiger partial charge is 0.373 e. The normalized spacial score (nSPS) is 10.3. The fourth-order valence-corrected chi connectivity index (χ4v) is 4.37. The SMILES string of the molecule is COc1ccc(-c2c(C)c3ccccn3c2-c2ccc(/C=C\C#N)s2)cc1.O=C=O. The van der Waals surface area contributed by atoms with Crippen molar-refractivity contribution >= 4 is 29.1 Å². The van der Waals surface area contributed by atoms with Gasteiger partial charge in [0.25, 0.3) is 0 Å². The average Bonchev–Trinajstić information content (AvgIpc) is 3.35. The Bertz CT molecular complexity index is 1270. The van der Waals surface area contributed by atoms with Crippen molar-refractivity contribution in [3.05, 3.63) is 77.3 Å². The minimum atomic E-state index is 0.250. The first-order valence-corrected chi connectivity index (χ1v) is 9.86. The number of benzene rings is 1. The molecule has 0 amide bonds. The molecule has 3 heterocycles. The minimum Gasteiger partial charge on any atom is -0.497 e. The molecular formula is C24H18N2O3S. The Balaban J connectivity index is 0.000000806. The van der Waals surface area contributed by atoms with Gasteiger partial charge in [-0.05, 0) is 60.5 Å². The quantitative estimate of drug-likeness (QED) is 0.407. The predicted octanol–water partition coefficient (Wildman–Crippen LogP) is 5.61. The Morgan fingerprint density at radius 1 is 1.07 bits per heavy atom. The number of thiophene rings is 1. The van der Waals surface area contributed by atoms with Crippen LogP contribution in [-0.2, 0) is 9.59 Å². The van der Waals surface area contributed by atoms with E-state index in [-0.39, 0.29) is 6.15 Å². The summed E-state index contributed by atoms with van der Waals surface area (Å²) in [6, 6.07) is 20.7. The van der Waals surface area contributed by atoms with Crippen LogP contribution >= 0.6 is 11.3 Å². The Kier molecular flexibility index (Phi) is 6.61. The molecule has 0 fully saturated rings. The van der Waals surface area contributed by atoms with Crippen LogP contribution in [0.4, 0.5) is 0 Å². The summed E-state index contributed by atoms with van der Waals surface area (Å²) in [5.41, 5.74) is 6.00. The molecule has 0 aliphatic heterocycles. The molecule has 0 atom stereocenters. The molecule has 0 radical (unpaired) electrons. The van der Waals surface area contributed by atoms with Gasteiger partial charge in [-0.25, -0.2) is 0 Å². The lowest BCUT2D eigenvalue weighted by Gasteiger charge is -2.07. The van der Waals surface area contributed by atoms with Crippen molar-refractivity contribution in [3.8, 4) is 33.5 Å². The third kappa shape index (κ3) is 4.08. The van der Waals surface area contributed by atoms with Crippen LogP contribution in [0.2, 0.25) is 0 Å². The summed E-state index contributed by atoms with van der Waals surface area (Å²) in [7, 11) is 1.68. The summed E-state index contributed by atoms with van der Waals surface area (Å²) in [5, 5.41) is 8.79. The second-order valence-corrected chi connectivity index (χ2v) is 7.40. The lowest BCUT2D eigenvalue weighted by atomic mass is 10.0. The summed E-state index contributed by atoms with van der Waals surface area (Å²) >= 11 is 1.69. The Morgan fingerprint density at radius 3 is 2.47 bits per heavy atom. The van der Waals surface area contributed by atoms with E-state index in [0.717, 1.165) is 16.2 Å². The second kappa shape index (κ2) is 9.53. The molecule has 0 bridgehead atoms. The molecule has 0 unspecified atom stereocenters. The van der Waals surface area contributed by atoms with Gasteiger partial charge in [-0.1, -0.05) is 18.2 Å². The van der Waals surface area contributed by atoms with Crippen LogP contribution in [0.1, 0.15) is 10.4 Å². The van der Waals surface area contributed by atoms with Crippen LogP contribution in [0.5, 0.6) is 5.75 Å². The number of nitriles is 1. The van der Waals surface area contributed by atoms with Crippen molar-refractivity contribution < 1.29 is 14.3 Å². The topological polar surface area (TPSA) is 71.6 Å². The van der Waals surface area contributed by atoms with Crippen LogP contribution in [-0.4, -0.2) is 17.7 Å². The van der Waals surface area contributed by atoms with Gasteiger partial charge in [0.1, 0.15) is 5.75 Å². The van der Waals surface area contributed by atoms with E-state index in [1.807, 2.05) is 18.2 Å². The summed E-state index contributed by atoms with van der Waals surface area (Å²) in [4.78, 5) is 18.5. The van der Waals surface area contributed by atoms with Crippen LogP contribution in [0.15, 0.2) is 66.9 Å². The van der Waals surface area contributed by atoms with Gasteiger partial charge in [0.15, 0.2) is 0 Å². The number of hydrogen-bond acceptors (Lipinski definition) is 5. The van der Waals surface area contributed by atoms with Gasteiger partial charge in [0.2, 0.25) is 0 Å². The van der Waals surface area contributed by atoms with Crippen LogP contribution in [0.25, 0.3) is 33.3 Å². The van der Waals surface area contributed by atoms with E-state index in [2.05, 4.69) is 66.1 Å². The first-order valence-electron chi connectivity index (χ1n) is 9.04. The second-order valence-electron chi connectivity index (χ2n) is 6.28. The monoisotopic (exact) mass is 414 g/mol. The standard InChI is InChI=1S/C23H18N2OS.CO2/c1-16-20-7-3-4-15-25(20)23(21-13-12-19(27-21)6-5-14-24)22(16)17-8-10-18(26-2)11-9-17;2-1-3/h3-13,15H,1-2H3;/b6-5-;. The van der Waals surface area contributed by atoms with Crippen LogP contribution in [0.3, 0.4) is 0 Å². The third-order valence-corrected chi connectivity index (χ3v) is 5.72. The number of aromatic nitrogens is 1. The molecule has 5 nitrogen and oxygen atoms in total. The lowest BCUT2D eigenvalue weighted by molar-refractivity contribution is -0.191. The highest BCUT2D eigenvalue weighted by atomic mass is 32.1. The number of carbonyl (C=O) groups excluding carboxylic acids is 2. The zero-order valence-corrected chi connectivity index (χ0v) is 17.3. The summed E-state index contributed by atoms with van der Waals surface area (Å²) in [5.74, 6) is 0.849. The highest BCUT2D eigenvalue weighted by Crippen LogP contribution is 2.42. The number of ether oxygens (including phenoxy) is 1. The van der Waals surface area contributed by atoms with Crippen molar-refractivity contribution in [2.45, 2.75) is 6.92 Å². The largest absolute Gasteiger partial charge is 0.497 e. The van der Waals surface area contributed by atoms with E-state index in [1.54, 1.807) is 18.4 Å². The molecule has 6 heteroatoms. The molecule has 0 N–H and O–H groups in total. The summed E-state index contributed by atoms with van der Waals surface area (Å²) in [6.07, 6.45) is 5.72. The van der Waals surface area contributed by atoms with Crippen molar-refractivity contribution in [3.63, 3.8) is 0 Å². The van der Waals surface area contributed by atoms with Crippen molar-refractivity contribution in [2.24, 2.45) is 0 Å². The first kappa shape index (κ1) is 20.8. The van der Waals surface area contributed by atoms with Gasteiger partial charge in [-0.15, -0.1) is 11.3 Å². The van der Waals surface area contributed by atoms with Gasteiger partial charge in [-0.2, -0.15) is 14.9 Å². The number of allylic oxidation sites excluding steroid dienone is 1. The molecule has 4 aromatic rings. The highest BCUT2D eigenvalue weighted by Gasteiger charge is 2.19. The van der Waals surface area contributed by atoms with Gasteiger partial charge in [0.05, 0.1) is 23.8 Å². The number of nitrogens with zero attached hydrogens (tertiary/aromatic N) is 2. The Labute approximate surface area is 178 Å². The molecule has 1 aromatic carbocycles. The van der Waals surface area contributed by atoms with E-state index in [9.17, 15) is 0 Å². The molecule has 3 aromatic heterocycles. The van der Waals surface area contributed by atoms with Gasteiger partial charge >= 0.3 is 6.15 Å². The summed E-state index contributed by atoms with van der Waals surface area (Å²) < 4.78 is 7.56. The van der Waals surface area contributed by atoms with Gasteiger partial charge < -0.3 is 9.14 Å².